The van der Waals surface area contributed by atoms with E-state index in [2.05, 4.69) is 43.1 Å². The Hall–Kier alpha value is -2.29. The molecule has 0 spiro atoms. The van der Waals surface area contributed by atoms with Crippen LogP contribution in [0.1, 0.15) is 25.3 Å². The van der Waals surface area contributed by atoms with Crippen LogP contribution >= 0.6 is 0 Å². The summed E-state index contributed by atoms with van der Waals surface area (Å²) >= 11 is 0. The summed E-state index contributed by atoms with van der Waals surface area (Å²) < 4.78 is 1.63. The largest absolute Gasteiger partial charge is 0.357 e. The van der Waals surface area contributed by atoms with Crippen LogP contribution < -0.4 is 5.56 Å². The quantitative estimate of drug-likeness (QED) is 0.755. The van der Waals surface area contributed by atoms with Gasteiger partial charge in [-0.25, -0.2) is 0 Å². The average molecular weight is 266 g/mol. The number of aryl methyl sites for hydroxylation is 1. The first-order valence-corrected chi connectivity index (χ1v) is 6.85. The molecule has 0 amide bonds. The fourth-order valence-electron chi connectivity index (χ4n) is 2.55. The van der Waals surface area contributed by atoms with Gasteiger partial charge >= 0.3 is 0 Å². The molecule has 0 unspecified atom stereocenters. The lowest BCUT2D eigenvalue weighted by Gasteiger charge is -2.09. The van der Waals surface area contributed by atoms with E-state index in [-0.39, 0.29) is 5.56 Å². The number of hydrogen-bond acceptors (Lipinski definition) is 1. The van der Waals surface area contributed by atoms with Crippen LogP contribution in [0.5, 0.6) is 0 Å². The van der Waals surface area contributed by atoms with Crippen molar-refractivity contribution >= 4 is 10.9 Å². The van der Waals surface area contributed by atoms with Crippen molar-refractivity contribution in [1.29, 1.82) is 0 Å². The average Bonchev–Trinajstić information content (AvgIpc) is 2.92. The smallest absolute Gasteiger partial charge is 0.274 e. The first-order chi connectivity index (χ1) is 9.58. The van der Waals surface area contributed by atoms with E-state index < -0.39 is 0 Å². The highest BCUT2D eigenvalue weighted by Crippen LogP contribution is 2.27. The van der Waals surface area contributed by atoms with Crippen molar-refractivity contribution in [1.82, 2.24) is 9.55 Å². The van der Waals surface area contributed by atoms with Crippen LogP contribution in [0.25, 0.3) is 22.0 Å². The zero-order valence-electron chi connectivity index (χ0n) is 12.0. The molecule has 0 radical (unpaired) electrons. The van der Waals surface area contributed by atoms with Crippen LogP contribution in [0.3, 0.4) is 0 Å². The molecule has 3 nitrogen and oxygen atoms in total. The van der Waals surface area contributed by atoms with Crippen LogP contribution in [0.4, 0.5) is 0 Å². The first kappa shape index (κ1) is 12.7. The highest BCUT2D eigenvalue weighted by Gasteiger charge is 2.10. The summed E-state index contributed by atoms with van der Waals surface area (Å²) in [5.74, 6) is 0.524. The van der Waals surface area contributed by atoms with Crippen LogP contribution in [-0.4, -0.2) is 9.55 Å². The maximum atomic E-state index is 12.0. The van der Waals surface area contributed by atoms with E-state index in [4.69, 9.17) is 0 Å². The minimum atomic E-state index is 0.00699. The van der Waals surface area contributed by atoms with Crippen LogP contribution in [0, 0.1) is 0 Å². The second kappa shape index (κ2) is 4.67. The molecule has 102 valence electrons. The Morgan fingerprint density at radius 3 is 2.45 bits per heavy atom. The van der Waals surface area contributed by atoms with Crippen molar-refractivity contribution in [2.45, 2.75) is 19.8 Å². The van der Waals surface area contributed by atoms with E-state index in [9.17, 15) is 4.79 Å². The third-order valence-electron chi connectivity index (χ3n) is 3.78. The van der Waals surface area contributed by atoms with E-state index in [0.717, 1.165) is 16.5 Å². The summed E-state index contributed by atoms with van der Waals surface area (Å²) in [6.45, 7) is 4.37. The molecule has 20 heavy (non-hydrogen) atoms. The topological polar surface area (TPSA) is 37.8 Å². The number of hydrogen-bond donors (Lipinski definition) is 1. The highest BCUT2D eigenvalue weighted by molar-refractivity contribution is 5.94. The molecule has 2 aromatic heterocycles. The Labute approximate surface area is 117 Å². The number of benzene rings is 1. The number of aromatic nitrogens is 2. The maximum Gasteiger partial charge on any atom is 0.274 e. The van der Waals surface area contributed by atoms with Crippen molar-refractivity contribution in [3.63, 3.8) is 0 Å². The van der Waals surface area contributed by atoms with Crippen LogP contribution in [0.15, 0.2) is 47.5 Å². The lowest BCUT2D eigenvalue weighted by atomic mass is 9.98. The molecule has 0 aliphatic rings. The van der Waals surface area contributed by atoms with Gasteiger partial charge in [0.15, 0.2) is 0 Å². The molecule has 0 bridgehead atoms. The number of H-pyrrole nitrogens is 1. The van der Waals surface area contributed by atoms with Crippen molar-refractivity contribution in [2.24, 2.45) is 7.05 Å². The summed E-state index contributed by atoms with van der Waals surface area (Å²) in [7, 11) is 1.79. The molecule has 3 aromatic rings. The summed E-state index contributed by atoms with van der Waals surface area (Å²) in [5, 5.41) is 0.977. The van der Waals surface area contributed by atoms with Gasteiger partial charge in [0.05, 0.1) is 0 Å². The van der Waals surface area contributed by atoms with Gasteiger partial charge in [0.1, 0.15) is 5.52 Å². The van der Waals surface area contributed by atoms with Crippen molar-refractivity contribution in [2.75, 3.05) is 0 Å². The molecule has 0 aliphatic carbocycles. The molecule has 0 aliphatic heterocycles. The Bertz CT molecular complexity index is 807. The molecule has 0 saturated heterocycles. The van der Waals surface area contributed by atoms with Gasteiger partial charge in [-0.3, -0.25) is 4.79 Å². The van der Waals surface area contributed by atoms with E-state index in [0.29, 0.717) is 11.4 Å². The molecule has 3 rings (SSSR count). The third kappa shape index (κ3) is 1.95. The fourth-order valence-corrected chi connectivity index (χ4v) is 2.55. The minimum Gasteiger partial charge on any atom is -0.357 e. The molecule has 1 N–H and O–H groups in total. The number of rotatable bonds is 2. The third-order valence-corrected chi connectivity index (χ3v) is 3.78. The molecule has 0 saturated carbocycles. The minimum absolute atomic E-state index is 0.00699. The van der Waals surface area contributed by atoms with Crippen molar-refractivity contribution in [3.05, 3.63) is 58.6 Å². The molecule has 2 heterocycles. The summed E-state index contributed by atoms with van der Waals surface area (Å²) in [6, 6.07) is 10.5. The molecular formula is C17H18N2O. The summed E-state index contributed by atoms with van der Waals surface area (Å²) in [6.07, 6.45) is 3.72. The lowest BCUT2D eigenvalue weighted by Crippen LogP contribution is -2.16. The van der Waals surface area contributed by atoms with Gasteiger partial charge in [-0.15, -0.1) is 0 Å². The Kier molecular flexibility index (Phi) is 2.97. The zero-order valence-corrected chi connectivity index (χ0v) is 12.0. The molecular weight excluding hydrogens is 248 g/mol. The lowest BCUT2D eigenvalue weighted by molar-refractivity contribution is 0.866. The van der Waals surface area contributed by atoms with E-state index in [1.807, 2.05) is 18.5 Å². The highest BCUT2D eigenvalue weighted by atomic mass is 16.1. The second-order valence-corrected chi connectivity index (χ2v) is 5.50. The predicted octanol–water partition coefficient (Wildman–Crippen LogP) is 3.66. The molecule has 3 heteroatoms. The predicted molar refractivity (Wildman–Crippen MR) is 83.1 cm³/mol. The van der Waals surface area contributed by atoms with Gasteiger partial charge in [0.2, 0.25) is 0 Å². The second-order valence-electron chi connectivity index (χ2n) is 5.50. The van der Waals surface area contributed by atoms with Crippen molar-refractivity contribution in [3.8, 4) is 11.1 Å². The monoisotopic (exact) mass is 266 g/mol. The SMILES string of the molecule is CC(C)c1ccc(-c2cn(C)c(=O)c3[nH]ccc23)cc1. The number of fused-ring (bicyclic) bond motifs is 1. The summed E-state index contributed by atoms with van der Waals surface area (Å²) in [5.41, 5.74) is 4.21. The van der Waals surface area contributed by atoms with Gasteiger partial charge in [0, 0.05) is 30.4 Å². The summed E-state index contributed by atoms with van der Waals surface area (Å²) in [4.78, 5) is 15.1. The van der Waals surface area contributed by atoms with E-state index in [1.165, 1.54) is 5.56 Å². The number of nitrogens with zero attached hydrogens (tertiary/aromatic N) is 1. The maximum absolute atomic E-state index is 12.0. The number of aromatic amines is 1. The molecule has 0 fully saturated rings. The Balaban J connectivity index is 2.21. The number of pyridine rings is 1. The fraction of sp³-hybridized carbons (Fsp3) is 0.235. The number of nitrogens with one attached hydrogen (secondary N) is 1. The Morgan fingerprint density at radius 2 is 1.80 bits per heavy atom. The van der Waals surface area contributed by atoms with Gasteiger partial charge < -0.3 is 9.55 Å². The molecule has 1 aromatic carbocycles. The van der Waals surface area contributed by atoms with Crippen molar-refractivity contribution < 1.29 is 0 Å². The van der Waals surface area contributed by atoms with Gasteiger partial charge in [0.25, 0.3) is 5.56 Å². The van der Waals surface area contributed by atoms with Gasteiger partial charge in [-0.1, -0.05) is 38.1 Å². The van der Waals surface area contributed by atoms with Gasteiger partial charge in [-0.2, -0.15) is 0 Å². The van der Waals surface area contributed by atoms with Crippen LogP contribution in [-0.2, 0) is 7.05 Å². The zero-order chi connectivity index (χ0) is 14.3. The van der Waals surface area contributed by atoms with Gasteiger partial charge in [-0.05, 0) is 23.1 Å². The Morgan fingerprint density at radius 1 is 1.10 bits per heavy atom. The molecule has 0 atom stereocenters. The van der Waals surface area contributed by atoms with E-state index in [1.54, 1.807) is 11.6 Å². The van der Waals surface area contributed by atoms with Crippen LogP contribution in [0.2, 0.25) is 0 Å². The first-order valence-electron chi connectivity index (χ1n) is 6.85. The van der Waals surface area contributed by atoms with E-state index >= 15 is 0 Å². The standard InChI is InChI=1S/C17H18N2O/c1-11(2)12-4-6-13(7-5-12)15-10-19(3)17(20)16-14(15)8-9-18-16/h4-11,18H,1-3H3. The normalized spacial score (nSPS) is 11.4.